The van der Waals surface area contributed by atoms with Crippen LogP contribution in [0.1, 0.15) is 20.3 Å². The first kappa shape index (κ1) is 8.42. The SMILES string of the molecule is CCCN(CC)c1cccc2c1O2. The van der Waals surface area contributed by atoms with Gasteiger partial charge in [-0.2, -0.15) is 0 Å². The topological polar surface area (TPSA) is 15.8 Å². The summed E-state index contributed by atoms with van der Waals surface area (Å²) in [6.45, 7) is 6.53. The van der Waals surface area contributed by atoms with Gasteiger partial charge in [-0.25, -0.2) is 0 Å². The molecule has 0 aromatic heterocycles. The number of benzene rings is 1. The van der Waals surface area contributed by atoms with Crippen LogP contribution in [0, 0.1) is 0 Å². The van der Waals surface area contributed by atoms with Crippen LogP contribution in [0.3, 0.4) is 0 Å². The molecule has 0 amide bonds. The predicted molar refractivity (Wildman–Crippen MR) is 54.7 cm³/mol. The molecule has 1 aliphatic rings. The highest BCUT2D eigenvalue weighted by Gasteiger charge is 2.25. The van der Waals surface area contributed by atoms with E-state index in [0.29, 0.717) is 0 Å². The van der Waals surface area contributed by atoms with Gasteiger partial charge in [0.2, 0.25) is 0 Å². The van der Waals surface area contributed by atoms with E-state index in [0.717, 1.165) is 24.6 Å². The summed E-state index contributed by atoms with van der Waals surface area (Å²) in [7, 11) is 0. The number of anilines is 1. The molecule has 1 aliphatic heterocycles. The van der Waals surface area contributed by atoms with E-state index in [1.54, 1.807) is 0 Å². The van der Waals surface area contributed by atoms with Gasteiger partial charge in [-0.15, -0.1) is 0 Å². The van der Waals surface area contributed by atoms with E-state index in [-0.39, 0.29) is 0 Å². The fourth-order valence-electron chi connectivity index (χ4n) is 1.64. The lowest BCUT2D eigenvalue weighted by atomic mass is 10.3. The molecule has 0 spiro atoms. The summed E-state index contributed by atoms with van der Waals surface area (Å²) in [5.74, 6) is 2.13. The van der Waals surface area contributed by atoms with Crippen LogP contribution in [0.5, 0.6) is 11.5 Å². The van der Waals surface area contributed by atoms with E-state index in [1.165, 1.54) is 12.1 Å². The highest BCUT2D eigenvalue weighted by atomic mass is 16.6. The molecule has 1 aromatic rings. The Morgan fingerprint density at radius 1 is 1.31 bits per heavy atom. The van der Waals surface area contributed by atoms with Crippen LogP contribution in [0.2, 0.25) is 0 Å². The van der Waals surface area contributed by atoms with Crippen LogP contribution in [-0.4, -0.2) is 13.1 Å². The van der Waals surface area contributed by atoms with Crippen LogP contribution < -0.4 is 9.64 Å². The summed E-state index contributed by atoms with van der Waals surface area (Å²) in [5.41, 5.74) is 1.25. The molecule has 0 unspecified atom stereocenters. The highest BCUT2D eigenvalue weighted by Crippen LogP contribution is 2.52. The normalized spacial score (nSPS) is 11.8. The van der Waals surface area contributed by atoms with Crippen molar-refractivity contribution >= 4 is 5.69 Å². The Bertz CT molecular complexity index is 309. The zero-order chi connectivity index (χ0) is 9.26. The maximum Gasteiger partial charge on any atom is 0.193 e. The number of hydrogen-bond acceptors (Lipinski definition) is 2. The first-order chi connectivity index (χ1) is 6.36. The third-order valence-electron chi connectivity index (χ3n) is 2.34. The Hall–Kier alpha value is -1.18. The van der Waals surface area contributed by atoms with Crippen molar-refractivity contribution in [3.8, 4) is 11.5 Å². The van der Waals surface area contributed by atoms with E-state index in [4.69, 9.17) is 4.74 Å². The molecule has 2 nitrogen and oxygen atoms in total. The van der Waals surface area contributed by atoms with Crippen molar-refractivity contribution in [1.82, 2.24) is 0 Å². The van der Waals surface area contributed by atoms with Gasteiger partial charge in [0.15, 0.2) is 11.5 Å². The van der Waals surface area contributed by atoms with Gasteiger partial charge in [0.1, 0.15) is 0 Å². The summed E-state index contributed by atoms with van der Waals surface area (Å²) in [6, 6.07) is 6.20. The van der Waals surface area contributed by atoms with Crippen molar-refractivity contribution < 1.29 is 4.74 Å². The zero-order valence-electron chi connectivity index (χ0n) is 8.21. The Morgan fingerprint density at radius 2 is 2.15 bits per heavy atom. The molecule has 0 N–H and O–H groups in total. The minimum Gasteiger partial charge on any atom is -0.447 e. The summed E-state index contributed by atoms with van der Waals surface area (Å²) in [4.78, 5) is 2.35. The van der Waals surface area contributed by atoms with E-state index in [2.05, 4.69) is 30.9 Å². The molecule has 2 rings (SSSR count). The lowest BCUT2D eigenvalue weighted by Crippen LogP contribution is -2.22. The molecule has 1 aromatic carbocycles. The smallest absolute Gasteiger partial charge is 0.193 e. The van der Waals surface area contributed by atoms with Gasteiger partial charge >= 0.3 is 0 Å². The molecule has 0 radical (unpaired) electrons. The minimum absolute atomic E-state index is 1.05. The largest absolute Gasteiger partial charge is 0.447 e. The van der Waals surface area contributed by atoms with Gasteiger partial charge in [-0.05, 0) is 25.5 Å². The average Bonchev–Trinajstić information content (AvgIpc) is 2.92. The third-order valence-corrected chi connectivity index (χ3v) is 2.34. The van der Waals surface area contributed by atoms with Crippen molar-refractivity contribution in [2.45, 2.75) is 20.3 Å². The van der Waals surface area contributed by atoms with Crippen LogP contribution >= 0.6 is 0 Å². The predicted octanol–water partition coefficient (Wildman–Crippen LogP) is 3.03. The van der Waals surface area contributed by atoms with Crippen molar-refractivity contribution in [2.75, 3.05) is 18.0 Å². The van der Waals surface area contributed by atoms with Gasteiger partial charge in [-0.3, -0.25) is 0 Å². The van der Waals surface area contributed by atoms with Crippen molar-refractivity contribution in [1.29, 1.82) is 0 Å². The summed E-state index contributed by atoms with van der Waals surface area (Å²) >= 11 is 0. The first-order valence-corrected chi connectivity index (χ1v) is 4.92. The number of nitrogens with zero attached hydrogens (tertiary/aromatic N) is 1. The second-order valence-electron chi connectivity index (χ2n) is 3.29. The van der Waals surface area contributed by atoms with Crippen LogP contribution in [0.25, 0.3) is 0 Å². The number of fused-ring (bicyclic) bond motifs is 1. The molecule has 0 bridgehead atoms. The summed E-state index contributed by atoms with van der Waals surface area (Å²) in [6.07, 6.45) is 1.18. The lowest BCUT2D eigenvalue weighted by molar-refractivity contribution is 0.645. The number of rotatable bonds is 4. The number of hydrogen-bond donors (Lipinski definition) is 0. The second-order valence-corrected chi connectivity index (χ2v) is 3.29. The average molecular weight is 177 g/mol. The fourth-order valence-corrected chi connectivity index (χ4v) is 1.64. The van der Waals surface area contributed by atoms with Crippen LogP contribution in [0.15, 0.2) is 18.2 Å². The molecule has 70 valence electrons. The molecular formula is C11H15NO. The Balaban J connectivity index is 2.20. The van der Waals surface area contributed by atoms with E-state index in [1.807, 2.05) is 6.07 Å². The molecule has 2 heteroatoms. The highest BCUT2D eigenvalue weighted by molar-refractivity contribution is 5.73. The second kappa shape index (κ2) is 3.29. The molecular weight excluding hydrogens is 162 g/mol. The first-order valence-electron chi connectivity index (χ1n) is 4.92. The molecule has 13 heavy (non-hydrogen) atoms. The standard InChI is InChI=1S/C11H15NO/c1-3-8-12(4-2)9-6-5-7-10-11(9)13-10/h5-7H,3-4,8H2,1-2H3. The van der Waals surface area contributed by atoms with E-state index >= 15 is 0 Å². The fraction of sp³-hybridized carbons (Fsp3) is 0.455. The Kier molecular flexibility index (Phi) is 2.13. The molecule has 0 atom stereocenters. The van der Waals surface area contributed by atoms with Crippen LogP contribution in [0.4, 0.5) is 5.69 Å². The van der Waals surface area contributed by atoms with Crippen LogP contribution in [-0.2, 0) is 0 Å². The van der Waals surface area contributed by atoms with Gasteiger partial charge in [0.25, 0.3) is 0 Å². The summed E-state index contributed by atoms with van der Waals surface area (Å²) < 4.78 is 5.36. The van der Waals surface area contributed by atoms with Gasteiger partial charge in [0.05, 0.1) is 5.69 Å². The maximum absolute atomic E-state index is 5.36. The molecule has 0 aliphatic carbocycles. The van der Waals surface area contributed by atoms with Gasteiger partial charge in [-0.1, -0.05) is 13.0 Å². The number of ether oxygens (including phenoxy) is 1. The van der Waals surface area contributed by atoms with Gasteiger partial charge in [0, 0.05) is 13.1 Å². The summed E-state index contributed by atoms with van der Waals surface area (Å²) in [5, 5.41) is 0. The van der Waals surface area contributed by atoms with E-state index < -0.39 is 0 Å². The van der Waals surface area contributed by atoms with E-state index in [9.17, 15) is 0 Å². The Morgan fingerprint density at radius 3 is 2.85 bits per heavy atom. The van der Waals surface area contributed by atoms with Crippen molar-refractivity contribution in [3.63, 3.8) is 0 Å². The van der Waals surface area contributed by atoms with Crippen molar-refractivity contribution in [3.05, 3.63) is 18.2 Å². The lowest BCUT2D eigenvalue weighted by Gasteiger charge is -2.20. The quantitative estimate of drug-likeness (QED) is 0.667. The van der Waals surface area contributed by atoms with Crippen molar-refractivity contribution in [2.24, 2.45) is 0 Å². The monoisotopic (exact) mass is 177 g/mol. The number of para-hydroxylation sites is 1. The van der Waals surface area contributed by atoms with Gasteiger partial charge < -0.3 is 9.64 Å². The maximum atomic E-state index is 5.36. The Labute approximate surface area is 79.1 Å². The molecule has 0 saturated carbocycles. The molecule has 0 saturated heterocycles. The molecule has 0 fully saturated rings. The zero-order valence-corrected chi connectivity index (χ0v) is 8.21. The molecule has 1 heterocycles. The minimum atomic E-state index is 1.05. The third kappa shape index (κ3) is 1.48.